The highest BCUT2D eigenvalue weighted by Crippen LogP contribution is 2.19. The lowest BCUT2D eigenvalue weighted by atomic mass is 9.84. The van der Waals surface area contributed by atoms with Crippen LogP contribution in [0.2, 0.25) is 0 Å². The molecule has 74 valence electrons. The molecular formula is C11H22BN. The number of hydrogen-bond donors (Lipinski definition) is 1. The maximum absolute atomic E-state index is 5.80. The van der Waals surface area contributed by atoms with Gasteiger partial charge in [0.15, 0.2) is 0 Å². The highest BCUT2D eigenvalue weighted by Gasteiger charge is 2.07. The molecule has 0 spiro atoms. The van der Waals surface area contributed by atoms with Crippen LogP contribution in [-0.2, 0) is 0 Å². The van der Waals surface area contributed by atoms with E-state index in [1.165, 1.54) is 12.8 Å². The van der Waals surface area contributed by atoms with Gasteiger partial charge in [-0.3, -0.25) is 0 Å². The third-order valence-corrected chi connectivity index (χ3v) is 2.42. The minimum atomic E-state index is 0.694. The van der Waals surface area contributed by atoms with Crippen molar-refractivity contribution in [1.29, 1.82) is 0 Å². The fourth-order valence-electron chi connectivity index (χ4n) is 1.58. The molecule has 0 aliphatic heterocycles. The Bertz CT molecular complexity index is 154. The van der Waals surface area contributed by atoms with E-state index >= 15 is 0 Å². The second kappa shape index (κ2) is 7.05. The Morgan fingerprint density at radius 1 is 1.38 bits per heavy atom. The number of hydrogen-bond acceptors (Lipinski definition) is 1. The first-order valence-electron chi connectivity index (χ1n) is 5.21. The molecule has 13 heavy (non-hydrogen) atoms. The van der Waals surface area contributed by atoms with Crippen molar-refractivity contribution in [2.45, 2.75) is 40.0 Å². The zero-order valence-electron chi connectivity index (χ0n) is 9.43. The molecular weight excluding hydrogens is 157 g/mol. The van der Waals surface area contributed by atoms with E-state index in [0.29, 0.717) is 5.92 Å². The fourth-order valence-corrected chi connectivity index (χ4v) is 1.58. The van der Waals surface area contributed by atoms with Gasteiger partial charge in [-0.15, -0.1) is 5.47 Å². The van der Waals surface area contributed by atoms with Gasteiger partial charge >= 0.3 is 0 Å². The van der Waals surface area contributed by atoms with E-state index in [4.69, 9.17) is 7.85 Å². The summed E-state index contributed by atoms with van der Waals surface area (Å²) in [4.78, 5) is 0. The van der Waals surface area contributed by atoms with Crippen molar-refractivity contribution >= 4 is 7.85 Å². The van der Waals surface area contributed by atoms with Gasteiger partial charge in [-0.2, -0.15) is 0 Å². The number of nitrogens with one attached hydrogen (secondary N) is 1. The predicted molar refractivity (Wildman–Crippen MR) is 60.7 cm³/mol. The van der Waals surface area contributed by atoms with Gasteiger partial charge in [-0.1, -0.05) is 27.2 Å². The molecule has 0 aromatic rings. The summed E-state index contributed by atoms with van der Waals surface area (Å²) in [5.41, 5.74) is 0.957. The van der Waals surface area contributed by atoms with Crippen molar-refractivity contribution in [1.82, 2.24) is 5.32 Å². The van der Waals surface area contributed by atoms with Crippen LogP contribution >= 0.6 is 0 Å². The fraction of sp³-hybridized carbons (Fsp3) is 0.818. The van der Waals surface area contributed by atoms with Gasteiger partial charge in [-0.05, 0) is 30.9 Å². The third kappa shape index (κ3) is 6.74. The van der Waals surface area contributed by atoms with Gasteiger partial charge in [0.2, 0.25) is 0 Å². The summed E-state index contributed by atoms with van der Waals surface area (Å²) in [6.45, 7) is 6.81. The average molecular weight is 179 g/mol. The summed E-state index contributed by atoms with van der Waals surface area (Å²) in [5, 5.41) is 2.95. The molecule has 0 heterocycles. The van der Waals surface area contributed by atoms with Crippen LogP contribution in [0.1, 0.15) is 40.0 Å². The van der Waals surface area contributed by atoms with Crippen LogP contribution < -0.4 is 5.32 Å². The van der Waals surface area contributed by atoms with Crippen molar-refractivity contribution < 1.29 is 0 Å². The maximum Gasteiger partial charge on any atom is 0.109 e. The zero-order chi connectivity index (χ0) is 10.3. The smallest absolute Gasteiger partial charge is 0.109 e. The highest BCUT2D eigenvalue weighted by atomic mass is 14.8. The molecule has 0 amide bonds. The normalized spacial score (nSPS) is 16.8. The van der Waals surface area contributed by atoms with E-state index in [9.17, 15) is 0 Å². The molecule has 0 bridgehead atoms. The number of allylic oxidation sites excluding steroid dienone is 1. The summed E-state index contributed by atoms with van der Waals surface area (Å²) in [5.74, 6) is 1.51. The minimum Gasteiger partial charge on any atom is -0.395 e. The van der Waals surface area contributed by atoms with E-state index in [1.807, 2.05) is 13.2 Å². The molecule has 0 saturated carbocycles. The lowest BCUT2D eigenvalue weighted by molar-refractivity contribution is 0.406. The van der Waals surface area contributed by atoms with E-state index in [0.717, 1.165) is 17.8 Å². The standard InChI is InChI=1S/C11H22BN/c1-5-9(2)6-10(3)7-11(12)8-13-4/h8-10,13H,5-7H2,1-4H3/b11-8-/t9-,10?/m0/s1. The largest absolute Gasteiger partial charge is 0.395 e. The second-order valence-corrected chi connectivity index (χ2v) is 4.07. The Morgan fingerprint density at radius 3 is 2.46 bits per heavy atom. The molecule has 1 N–H and O–H groups in total. The van der Waals surface area contributed by atoms with Crippen LogP contribution in [0.4, 0.5) is 0 Å². The first-order chi connectivity index (χ1) is 6.10. The Morgan fingerprint density at radius 2 is 2.00 bits per heavy atom. The second-order valence-electron chi connectivity index (χ2n) is 4.07. The molecule has 0 saturated heterocycles. The maximum atomic E-state index is 5.80. The summed E-state index contributed by atoms with van der Waals surface area (Å²) >= 11 is 0. The van der Waals surface area contributed by atoms with E-state index < -0.39 is 0 Å². The van der Waals surface area contributed by atoms with Gasteiger partial charge in [0.25, 0.3) is 0 Å². The monoisotopic (exact) mass is 179 g/mol. The first kappa shape index (κ1) is 12.6. The predicted octanol–water partition coefficient (Wildman–Crippen LogP) is 2.68. The molecule has 0 rings (SSSR count). The summed E-state index contributed by atoms with van der Waals surface area (Å²) in [7, 11) is 7.68. The van der Waals surface area contributed by atoms with Crippen LogP contribution in [0.5, 0.6) is 0 Å². The van der Waals surface area contributed by atoms with Crippen molar-refractivity contribution in [2.75, 3.05) is 7.05 Å². The molecule has 2 heteroatoms. The van der Waals surface area contributed by atoms with Crippen LogP contribution in [-0.4, -0.2) is 14.9 Å². The van der Waals surface area contributed by atoms with E-state index in [-0.39, 0.29) is 0 Å². The topological polar surface area (TPSA) is 12.0 Å². The molecule has 2 atom stereocenters. The van der Waals surface area contributed by atoms with Gasteiger partial charge in [0.05, 0.1) is 0 Å². The molecule has 1 unspecified atom stereocenters. The van der Waals surface area contributed by atoms with Crippen molar-refractivity contribution in [3.63, 3.8) is 0 Å². The Balaban J connectivity index is 3.73. The third-order valence-electron chi connectivity index (χ3n) is 2.42. The summed E-state index contributed by atoms with van der Waals surface area (Å²) < 4.78 is 0. The van der Waals surface area contributed by atoms with Gasteiger partial charge in [0.1, 0.15) is 7.85 Å². The molecule has 0 aromatic heterocycles. The van der Waals surface area contributed by atoms with Crippen LogP contribution in [0.3, 0.4) is 0 Å². The number of rotatable bonds is 6. The molecule has 1 nitrogen and oxygen atoms in total. The van der Waals surface area contributed by atoms with Crippen LogP contribution in [0, 0.1) is 11.8 Å². The molecule has 0 aliphatic rings. The lowest BCUT2D eigenvalue weighted by Crippen LogP contribution is -2.05. The Kier molecular flexibility index (Phi) is 6.84. The molecule has 0 fully saturated rings. The zero-order valence-corrected chi connectivity index (χ0v) is 9.43. The highest BCUT2D eigenvalue weighted by molar-refractivity contribution is 6.21. The van der Waals surface area contributed by atoms with E-state index in [2.05, 4.69) is 26.1 Å². The van der Waals surface area contributed by atoms with Gasteiger partial charge in [0, 0.05) is 7.05 Å². The molecule has 0 aromatic carbocycles. The van der Waals surface area contributed by atoms with E-state index in [1.54, 1.807) is 0 Å². The van der Waals surface area contributed by atoms with Crippen LogP contribution in [0.25, 0.3) is 0 Å². The average Bonchev–Trinajstić information content (AvgIpc) is 2.04. The lowest BCUT2D eigenvalue weighted by Gasteiger charge is -2.16. The van der Waals surface area contributed by atoms with Crippen molar-refractivity contribution in [3.8, 4) is 0 Å². The molecule has 0 aliphatic carbocycles. The SMILES string of the molecule is [B]/C(=C\NC)CC(C)C[C@@H](C)CC. The van der Waals surface area contributed by atoms with Gasteiger partial charge < -0.3 is 5.32 Å². The van der Waals surface area contributed by atoms with Crippen molar-refractivity contribution in [3.05, 3.63) is 11.7 Å². The van der Waals surface area contributed by atoms with Crippen LogP contribution in [0.15, 0.2) is 11.7 Å². The van der Waals surface area contributed by atoms with Crippen molar-refractivity contribution in [2.24, 2.45) is 11.8 Å². The molecule has 2 radical (unpaired) electrons. The first-order valence-corrected chi connectivity index (χ1v) is 5.21. The Labute approximate surface area is 84.4 Å². The Hall–Kier alpha value is -0.395. The van der Waals surface area contributed by atoms with Gasteiger partial charge in [-0.25, -0.2) is 0 Å². The summed E-state index contributed by atoms with van der Waals surface area (Å²) in [6, 6.07) is 0. The quantitative estimate of drug-likeness (QED) is 0.618. The summed E-state index contributed by atoms with van der Waals surface area (Å²) in [6.07, 6.45) is 5.42. The minimum absolute atomic E-state index is 0.694.